The highest BCUT2D eigenvalue weighted by atomic mass is 35.5. The molecule has 1 saturated heterocycles. The number of halogens is 2. The Kier molecular flexibility index (Phi) is 6.36. The van der Waals surface area contributed by atoms with Gasteiger partial charge in [0.05, 0.1) is 23.6 Å². The second-order valence-corrected chi connectivity index (χ2v) is 8.89. The fraction of sp³-hybridized carbons (Fsp3) is 0.280. The van der Waals surface area contributed by atoms with Gasteiger partial charge in [-0.1, -0.05) is 47.1 Å². The fourth-order valence-electron chi connectivity index (χ4n) is 4.16. The van der Waals surface area contributed by atoms with Crippen LogP contribution in [0.15, 0.2) is 64.0 Å². The molecule has 1 aliphatic heterocycles. The lowest BCUT2D eigenvalue weighted by Crippen LogP contribution is -2.47. The van der Waals surface area contributed by atoms with Crippen molar-refractivity contribution in [3.8, 4) is 17.1 Å². The van der Waals surface area contributed by atoms with Crippen LogP contribution in [0.25, 0.3) is 17.1 Å². The Morgan fingerprint density at radius 1 is 1.09 bits per heavy atom. The summed E-state index contributed by atoms with van der Waals surface area (Å²) in [7, 11) is 0. The van der Waals surface area contributed by atoms with E-state index in [9.17, 15) is 9.18 Å². The molecule has 0 spiro atoms. The maximum atomic E-state index is 13.9. The van der Waals surface area contributed by atoms with Crippen LogP contribution in [0.2, 0.25) is 5.02 Å². The van der Waals surface area contributed by atoms with Gasteiger partial charge >= 0.3 is 0 Å². The molecule has 0 bridgehead atoms. The summed E-state index contributed by atoms with van der Waals surface area (Å²) >= 11 is 6.47. The van der Waals surface area contributed by atoms with E-state index in [1.165, 1.54) is 10.7 Å². The van der Waals surface area contributed by atoms with Gasteiger partial charge in [-0.25, -0.2) is 4.39 Å². The molecule has 0 saturated carbocycles. The molecule has 2 aromatic heterocycles. The Bertz CT molecular complexity index is 1400. The molecule has 0 unspecified atom stereocenters. The van der Waals surface area contributed by atoms with Gasteiger partial charge in [-0.2, -0.15) is 14.8 Å². The molecular weight excluding hydrogens is 471 g/mol. The molecule has 5 rings (SSSR count). The molecular formula is C25H24ClFN6O2. The van der Waals surface area contributed by atoms with Crippen LogP contribution in [-0.2, 0) is 0 Å². The number of hydrogen-bond acceptors (Lipinski definition) is 7. The first-order chi connectivity index (χ1) is 16.9. The Balaban J connectivity index is 1.27. The average molecular weight is 495 g/mol. The first kappa shape index (κ1) is 23.2. The summed E-state index contributed by atoms with van der Waals surface area (Å²) in [6.07, 6.45) is 1.64. The third-order valence-electron chi connectivity index (χ3n) is 6.33. The van der Waals surface area contributed by atoms with E-state index in [2.05, 4.69) is 25.0 Å². The minimum absolute atomic E-state index is 0.117. The summed E-state index contributed by atoms with van der Waals surface area (Å²) < 4.78 is 20.7. The number of aromatic nitrogens is 4. The largest absolute Gasteiger partial charge is 0.366 e. The van der Waals surface area contributed by atoms with Gasteiger partial charge in [0.25, 0.3) is 5.56 Å². The van der Waals surface area contributed by atoms with Crippen LogP contribution >= 0.6 is 11.6 Å². The van der Waals surface area contributed by atoms with E-state index in [1.807, 2.05) is 37.3 Å². The Morgan fingerprint density at radius 3 is 2.54 bits per heavy atom. The van der Waals surface area contributed by atoms with Crippen molar-refractivity contribution in [3.05, 3.63) is 87.4 Å². The van der Waals surface area contributed by atoms with Gasteiger partial charge in [0.2, 0.25) is 11.7 Å². The molecule has 0 amide bonds. The second kappa shape index (κ2) is 9.59. The molecule has 8 nitrogen and oxygen atoms in total. The average Bonchev–Trinajstić information content (AvgIpc) is 3.38. The lowest BCUT2D eigenvalue weighted by molar-refractivity contribution is 0.164. The zero-order valence-electron chi connectivity index (χ0n) is 19.4. The molecule has 0 N–H and O–H groups in total. The SMILES string of the molecule is Cc1ccc(-c2noc([C@H](C)N3CCN(c4cnn(-c5ccccc5)c(=O)c4Cl)CC3)n2)cc1F. The van der Waals surface area contributed by atoms with Crippen molar-refractivity contribution in [2.45, 2.75) is 19.9 Å². The summed E-state index contributed by atoms with van der Waals surface area (Å²) in [5.74, 6) is 0.531. The Morgan fingerprint density at radius 2 is 1.83 bits per heavy atom. The summed E-state index contributed by atoms with van der Waals surface area (Å²) in [6, 6.07) is 14.0. The van der Waals surface area contributed by atoms with Crippen molar-refractivity contribution >= 4 is 17.3 Å². The Hall–Kier alpha value is -3.56. The van der Waals surface area contributed by atoms with Gasteiger partial charge in [0.1, 0.15) is 10.8 Å². The van der Waals surface area contributed by atoms with Gasteiger partial charge in [-0.15, -0.1) is 0 Å². The molecule has 2 aromatic carbocycles. The number of benzene rings is 2. The number of hydrogen-bond donors (Lipinski definition) is 0. The van der Waals surface area contributed by atoms with Crippen molar-refractivity contribution < 1.29 is 8.91 Å². The summed E-state index contributed by atoms with van der Waals surface area (Å²) in [5, 5.41) is 8.52. The first-order valence-electron chi connectivity index (χ1n) is 11.3. The van der Waals surface area contributed by atoms with E-state index in [0.29, 0.717) is 60.4 Å². The highest BCUT2D eigenvalue weighted by Gasteiger charge is 2.27. The van der Waals surface area contributed by atoms with E-state index >= 15 is 0 Å². The number of piperazine rings is 1. The summed E-state index contributed by atoms with van der Waals surface area (Å²) in [4.78, 5) is 21.6. The standard InChI is InChI=1S/C25H24ClFN6O2/c1-16-8-9-18(14-20(16)27)23-29-24(35-30-23)17(2)31-10-12-32(13-11-31)21-15-28-33(25(34)22(21)26)19-6-4-3-5-7-19/h3-9,14-15,17H,10-13H2,1-2H3/t17-/m0/s1. The normalized spacial score (nSPS) is 15.4. The maximum Gasteiger partial charge on any atom is 0.292 e. The molecule has 1 atom stereocenters. The second-order valence-electron chi connectivity index (χ2n) is 8.52. The van der Waals surface area contributed by atoms with Crippen LogP contribution in [0.5, 0.6) is 0 Å². The van der Waals surface area contributed by atoms with Crippen molar-refractivity contribution in [1.29, 1.82) is 0 Å². The van der Waals surface area contributed by atoms with Crippen LogP contribution in [0, 0.1) is 12.7 Å². The van der Waals surface area contributed by atoms with Crippen molar-refractivity contribution in [2.75, 3.05) is 31.1 Å². The molecule has 4 aromatic rings. The lowest BCUT2D eigenvalue weighted by atomic mass is 10.1. The predicted octanol–water partition coefficient (Wildman–Crippen LogP) is 4.27. The van der Waals surface area contributed by atoms with Crippen LogP contribution < -0.4 is 10.5 Å². The minimum Gasteiger partial charge on any atom is -0.366 e. The molecule has 1 fully saturated rings. The van der Waals surface area contributed by atoms with E-state index in [-0.39, 0.29) is 22.4 Å². The van der Waals surface area contributed by atoms with Crippen molar-refractivity contribution in [1.82, 2.24) is 24.8 Å². The first-order valence-corrected chi connectivity index (χ1v) is 11.7. The van der Waals surface area contributed by atoms with Crippen LogP contribution in [-0.4, -0.2) is 51.0 Å². The van der Waals surface area contributed by atoms with Gasteiger partial charge in [-0.05, 0) is 37.6 Å². The number of para-hydroxylation sites is 1. The molecule has 3 heterocycles. The predicted molar refractivity (Wildman–Crippen MR) is 131 cm³/mol. The molecule has 1 aliphatic rings. The van der Waals surface area contributed by atoms with E-state index in [1.54, 1.807) is 25.3 Å². The van der Waals surface area contributed by atoms with E-state index in [0.717, 1.165) is 0 Å². The fourth-order valence-corrected chi connectivity index (χ4v) is 4.41. The number of anilines is 1. The van der Waals surface area contributed by atoms with E-state index in [4.69, 9.17) is 16.1 Å². The molecule has 0 radical (unpaired) electrons. The zero-order chi connectivity index (χ0) is 24.5. The highest BCUT2D eigenvalue weighted by Crippen LogP contribution is 2.27. The number of nitrogens with zero attached hydrogens (tertiary/aromatic N) is 6. The third kappa shape index (κ3) is 4.56. The van der Waals surface area contributed by atoms with Gasteiger partial charge < -0.3 is 9.42 Å². The molecule has 0 aliphatic carbocycles. The molecule has 10 heteroatoms. The minimum atomic E-state index is -0.350. The lowest BCUT2D eigenvalue weighted by Gasteiger charge is -2.38. The smallest absolute Gasteiger partial charge is 0.292 e. The zero-order valence-corrected chi connectivity index (χ0v) is 20.1. The highest BCUT2D eigenvalue weighted by molar-refractivity contribution is 6.33. The van der Waals surface area contributed by atoms with Crippen molar-refractivity contribution in [3.63, 3.8) is 0 Å². The van der Waals surface area contributed by atoms with Crippen molar-refractivity contribution in [2.24, 2.45) is 0 Å². The number of rotatable bonds is 5. The van der Waals surface area contributed by atoms with Crippen LogP contribution in [0.3, 0.4) is 0 Å². The number of aryl methyl sites for hydroxylation is 1. The maximum absolute atomic E-state index is 13.9. The quantitative estimate of drug-likeness (QED) is 0.410. The third-order valence-corrected chi connectivity index (χ3v) is 6.69. The summed E-state index contributed by atoms with van der Waals surface area (Å²) in [5.41, 5.74) is 2.08. The van der Waals surface area contributed by atoms with Crippen LogP contribution in [0.1, 0.15) is 24.4 Å². The summed E-state index contributed by atoms with van der Waals surface area (Å²) in [6.45, 7) is 6.43. The molecule has 35 heavy (non-hydrogen) atoms. The van der Waals surface area contributed by atoms with E-state index < -0.39 is 0 Å². The van der Waals surface area contributed by atoms with Crippen LogP contribution in [0.4, 0.5) is 10.1 Å². The molecule has 180 valence electrons. The van der Waals surface area contributed by atoms with Gasteiger partial charge in [-0.3, -0.25) is 9.69 Å². The Labute approximate surface area is 206 Å². The van der Waals surface area contributed by atoms with Gasteiger partial charge in [0.15, 0.2) is 0 Å². The monoisotopic (exact) mass is 494 g/mol. The van der Waals surface area contributed by atoms with Gasteiger partial charge in [0, 0.05) is 31.7 Å². The topological polar surface area (TPSA) is 80.3 Å².